The van der Waals surface area contributed by atoms with Crippen LogP contribution in [0.25, 0.3) is 22.3 Å². The van der Waals surface area contributed by atoms with E-state index in [4.69, 9.17) is 9.47 Å². The van der Waals surface area contributed by atoms with Crippen LogP contribution < -0.4 is 4.74 Å². The van der Waals surface area contributed by atoms with Crippen LogP contribution in [0.3, 0.4) is 0 Å². The summed E-state index contributed by atoms with van der Waals surface area (Å²) in [5.41, 5.74) is 8.76. The van der Waals surface area contributed by atoms with E-state index in [0.29, 0.717) is 36.7 Å². The van der Waals surface area contributed by atoms with Crippen molar-refractivity contribution in [3.63, 3.8) is 0 Å². The van der Waals surface area contributed by atoms with Gasteiger partial charge in [0.25, 0.3) is 0 Å². The van der Waals surface area contributed by atoms with Gasteiger partial charge in [-0.15, -0.1) is 0 Å². The fourth-order valence-corrected chi connectivity index (χ4v) is 5.92. The topological polar surface area (TPSA) is 76.0 Å². The Morgan fingerprint density at radius 1 is 0.884 bits per heavy atom. The smallest absolute Gasteiger partial charge is 0.333 e. The number of rotatable bonds is 14. The van der Waals surface area contributed by atoms with Gasteiger partial charge in [-0.3, -0.25) is 0 Å². The molecule has 0 aliphatic heterocycles. The number of carbonyl (C=O) groups excluding carboxylic acids is 1. The number of hydrogen-bond donors (Lipinski definition) is 2. The van der Waals surface area contributed by atoms with Gasteiger partial charge in [-0.05, 0) is 95.5 Å². The van der Waals surface area contributed by atoms with E-state index in [2.05, 4.69) is 75.0 Å². The molecule has 2 N–H and O–H groups in total. The van der Waals surface area contributed by atoms with Crippen molar-refractivity contribution in [2.24, 2.45) is 11.8 Å². The maximum Gasteiger partial charge on any atom is 0.333 e. The number of aryl methyl sites for hydroxylation is 1. The van der Waals surface area contributed by atoms with E-state index in [1.54, 1.807) is 6.92 Å². The lowest BCUT2D eigenvalue weighted by molar-refractivity contribution is -0.138. The Kier molecular flexibility index (Phi) is 12.0. The van der Waals surface area contributed by atoms with E-state index < -0.39 is 5.97 Å². The molecule has 4 rings (SSSR count). The predicted octanol–water partition coefficient (Wildman–Crippen LogP) is 7.91. The summed E-state index contributed by atoms with van der Waals surface area (Å²) in [6.07, 6.45) is 7.19. The molecule has 1 aliphatic carbocycles. The fraction of sp³-hybridized carbons (Fsp3) is 0.447. The van der Waals surface area contributed by atoms with Gasteiger partial charge in [-0.1, -0.05) is 81.8 Å². The predicted molar refractivity (Wildman–Crippen MR) is 174 cm³/mol. The molecular weight excluding hydrogens is 536 g/mol. The summed E-state index contributed by atoms with van der Waals surface area (Å²) in [5.74, 6) is 1.65. The van der Waals surface area contributed by atoms with Gasteiger partial charge in [0.1, 0.15) is 5.75 Å². The number of benzene rings is 3. The van der Waals surface area contributed by atoms with Gasteiger partial charge < -0.3 is 19.7 Å². The van der Waals surface area contributed by atoms with Crippen molar-refractivity contribution in [3.05, 3.63) is 89.5 Å². The zero-order valence-electron chi connectivity index (χ0n) is 26.1. The highest BCUT2D eigenvalue weighted by atomic mass is 16.5. The van der Waals surface area contributed by atoms with Gasteiger partial charge >= 0.3 is 5.97 Å². The van der Waals surface area contributed by atoms with E-state index in [-0.39, 0.29) is 25.7 Å². The van der Waals surface area contributed by atoms with E-state index in [9.17, 15) is 15.0 Å². The molecule has 0 saturated heterocycles. The number of hydrogen-bond acceptors (Lipinski definition) is 5. The number of esters is 1. The molecule has 0 aromatic heterocycles. The van der Waals surface area contributed by atoms with Crippen LogP contribution in [0.5, 0.6) is 5.75 Å². The van der Waals surface area contributed by atoms with Gasteiger partial charge in [-0.25, -0.2) is 4.79 Å². The second-order valence-corrected chi connectivity index (χ2v) is 12.2. The molecule has 1 fully saturated rings. The van der Waals surface area contributed by atoms with Crippen LogP contribution in [0.4, 0.5) is 0 Å². The summed E-state index contributed by atoms with van der Waals surface area (Å²) in [6.45, 7) is 10.3. The average molecular weight is 585 g/mol. The molecular formula is C38H48O5. The summed E-state index contributed by atoms with van der Waals surface area (Å²) >= 11 is 0. The highest BCUT2D eigenvalue weighted by Crippen LogP contribution is 2.37. The number of carbonyl (C=O) groups is 1. The number of aliphatic hydroxyl groups excluding tert-OH is 2. The summed E-state index contributed by atoms with van der Waals surface area (Å²) in [4.78, 5) is 12.0. The SMILES string of the molecule is C=C(C)C(=O)OCCc1cc(-c2ccc(-c3ccc(C4CCC(C)CC4)cc3)cc2CC)ccc1OCCC(CO)CO. The Hall–Kier alpha value is -3.41. The third-order valence-corrected chi connectivity index (χ3v) is 8.84. The maximum absolute atomic E-state index is 12.0. The summed E-state index contributed by atoms with van der Waals surface area (Å²) in [6, 6.07) is 22.1. The van der Waals surface area contributed by atoms with Gasteiger partial charge in [0.05, 0.1) is 13.2 Å². The van der Waals surface area contributed by atoms with Crippen molar-refractivity contribution in [2.45, 2.75) is 71.6 Å². The standard InChI is InChI=1S/C38H48O5/c1-5-29-22-33(32-12-10-31(11-13-32)30-8-6-27(4)7-9-30)14-16-36(29)34-15-17-37(42-20-18-28(24-39)25-40)35(23-34)19-21-43-38(41)26(2)3/h10-17,22-23,27-28,30,39-40H,2,5-9,18-21,24-25H2,1,3-4H3. The molecule has 0 unspecified atom stereocenters. The Labute approximate surface area is 257 Å². The Morgan fingerprint density at radius 3 is 2.19 bits per heavy atom. The second-order valence-electron chi connectivity index (χ2n) is 12.2. The average Bonchev–Trinajstić information content (AvgIpc) is 3.03. The van der Waals surface area contributed by atoms with Crippen molar-refractivity contribution < 1.29 is 24.5 Å². The molecule has 1 saturated carbocycles. The van der Waals surface area contributed by atoms with E-state index in [1.165, 1.54) is 53.5 Å². The lowest BCUT2D eigenvalue weighted by Crippen LogP contribution is -2.15. The van der Waals surface area contributed by atoms with Gasteiger partial charge in [-0.2, -0.15) is 0 Å². The first-order valence-corrected chi connectivity index (χ1v) is 15.9. The number of aliphatic hydroxyl groups is 2. The highest BCUT2D eigenvalue weighted by Gasteiger charge is 2.20. The summed E-state index contributed by atoms with van der Waals surface area (Å²) in [7, 11) is 0. The normalized spacial score (nSPS) is 16.7. The minimum atomic E-state index is -0.405. The molecule has 5 heteroatoms. The minimum Gasteiger partial charge on any atom is -0.493 e. The minimum absolute atomic E-state index is 0.0810. The highest BCUT2D eigenvalue weighted by molar-refractivity contribution is 5.86. The molecule has 1 aliphatic rings. The van der Waals surface area contributed by atoms with Crippen molar-refractivity contribution >= 4 is 5.97 Å². The quantitative estimate of drug-likeness (QED) is 0.149. The molecule has 0 spiro atoms. The van der Waals surface area contributed by atoms with Gasteiger partial charge in [0, 0.05) is 31.1 Å². The third kappa shape index (κ3) is 8.81. The van der Waals surface area contributed by atoms with Crippen molar-refractivity contribution in [3.8, 4) is 28.0 Å². The molecule has 5 nitrogen and oxygen atoms in total. The van der Waals surface area contributed by atoms with Gasteiger partial charge in [0.2, 0.25) is 0 Å². The maximum atomic E-state index is 12.0. The van der Waals surface area contributed by atoms with Crippen LogP contribution >= 0.6 is 0 Å². The lowest BCUT2D eigenvalue weighted by atomic mass is 9.79. The van der Waals surface area contributed by atoms with E-state index in [0.717, 1.165) is 23.5 Å². The molecule has 0 heterocycles. The van der Waals surface area contributed by atoms with Crippen LogP contribution in [-0.4, -0.2) is 42.6 Å². The van der Waals surface area contributed by atoms with E-state index in [1.807, 2.05) is 6.07 Å². The number of ether oxygens (including phenoxy) is 2. The van der Waals surface area contributed by atoms with Crippen LogP contribution in [0.1, 0.15) is 75.5 Å². The molecule has 0 bridgehead atoms. The van der Waals surface area contributed by atoms with Crippen LogP contribution in [-0.2, 0) is 22.4 Å². The summed E-state index contributed by atoms with van der Waals surface area (Å²) < 4.78 is 11.5. The second kappa shape index (κ2) is 15.9. The van der Waals surface area contributed by atoms with Crippen LogP contribution in [0.15, 0.2) is 72.8 Å². The van der Waals surface area contributed by atoms with Crippen molar-refractivity contribution in [1.29, 1.82) is 0 Å². The molecule has 0 radical (unpaired) electrons. The Bertz CT molecular complexity index is 1350. The fourth-order valence-electron chi connectivity index (χ4n) is 5.92. The van der Waals surface area contributed by atoms with E-state index >= 15 is 0 Å². The molecule has 43 heavy (non-hydrogen) atoms. The first-order chi connectivity index (χ1) is 20.8. The Morgan fingerprint density at radius 2 is 1.53 bits per heavy atom. The van der Waals surface area contributed by atoms with Gasteiger partial charge in [0.15, 0.2) is 0 Å². The molecule has 3 aromatic rings. The first kappa shape index (κ1) is 32.5. The molecule has 230 valence electrons. The van der Waals surface area contributed by atoms with Crippen molar-refractivity contribution in [1.82, 2.24) is 0 Å². The summed E-state index contributed by atoms with van der Waals surface area (Å²) in [5, 5.41) is 18.8. The molecule has 3 aromatic carbocycles. The van der Waals surface area contributed by atoms with Crippen molar-refractivity contribution in [2.75, 3.05) is 26.4 Å². The zero-order valence-corrected chi connectivity index (χ0v) is 26.1. The molecule has 0 amide bonds. The van der Waals surface area contributed by atoms with Crippen LogP contribution in [0, 0.1) is 11.8 Å². The monoisotopic (exact) mass is 584 g/mol. The third-order valence-electron chi connectivity index (χ3n) is 8.84. The molecule has 0 atom stereocenters. The largest absolute Gasteiger partial charge is 0.493 e. The zero-order chi connectivity index (χ0) is 30.8. The first-order valence-electron chi connectivity index (χ1n) is 15.9. The Balaban J connectivity index is 1.54. The van der Waals surface area contributed by atoms with Crippen LogP contribution in [0.2, 0.25) is 0 Å². The lowest BCUT2D eigenvalue weighted by Gasteiger charge is -2.26.